The minimum absolute atomic E-state index is 0.105. The van der Waals surface area contributed by atoms with Crippen LogP contribution in [0.15, 0.2) is 29.5 Å². The van der Waals surface area contributed by atoms with Crippen LogP contribution in [0.2, 0.25) is 0 Å². The van der Waals surface area contributed by atoms with Crippen molar-refractivity contribution in [3.05, 3.63) is 30.1 Å². The number of rotatable bonds is 3. The maximum absolute atomic E-state index is 5.56. The molecule has 3 rings (SSSR count). The highest BCUT2D eigenvalue weighted by atomic mass is 15.1. The van der Waals surface area contributed by atoms with Crippen LogP contribution in [0, 0.1) is 6.92 Å². The molecule has 0 aliphatic heterocycles. The maximum atomic E-state index is 5.56. The van der Waals surface area contributed by atoms with E-state index in [0.29, 0.717) is 0 Å². The largest absolute Gasteiger partial charge is 0.370 e. The number of aromatic nitrogens is 2. The first-order valence-corrected chi connectivity index (χ1v) is 7.70. The zero-order chi connectivity index (χ0) is 15.5. The van der Waals surface area contributed by atoms with Crippen molar-refractivity contribution in [1.82, 2.24) is 9.97 Å². The molecule has 22 heavy (non-hydrogen) atoms. The zero-order valence-electron chi connectivity index (χ0n) is 12.8. The zero-order valence-corrected chi connectivity index (χ0v) is 12.8. The summed E-state index contributed by atoms with van der Waals surface area (Å²) >= 11 is 0. The number of aryl methyl sites for hydroxylation is 1. The fourth-order valence-electron chi connectivity index (χ4n) is 3.09. The summed E-state index contributed by atoms with van der Waals surface area (Å²) in [5.41, 5.74) is 13.3. The summed E-state index contributed by atoms with van der Waals surface area (Å²) in [6, 6.07) is 6.49. The fourth-order valence-corrected chi connectivity index (χ4v) is 3.09. The van der Waals surface area contributed by atoms with Crippen molar-refractivity contribution in [2.24, 2.45) is 16.5 Å². The maximum Gasteiger partial charge on any atom is 0.186 e. The third-order valence-corrected chi connectivity index (χ3v) is 4.16. The van der Waals surface area contributed by atoms with Gasteiger partial charge in [-0.25, -0.2) is 15.0 Å². The van der Waals surface area contributed by atoms with E-state index in [-0.39, 0.29) is 18.0 Å². The summed E-state index contributed by atoms with van der Waals surface area (Å²) < 4.78 is 0. The number of hydrogen-bond acceptors (Lipinski definition) is 4. The first kappa shape index (κ1) is 14.6. The lowest BCUT2D eigenvalue weighted by atomic mass is 9.90. The molecule has 0 saturated heterocycles. The third-order valence-electron chi connectivity index (χ3n) is 4.16. The molecule has 5 N–H and O–H groups in total. The second kappa shape index (κ2) is 6.17. The molecule has 1 aliphatic rings. The second-order valence-corrected chi connectivity index (χ2v) is 5.90. The monoisotopic (exact) mass is 298 g/mol. The molecule has 1 fully saturated rings. The van der Waals surface area contributed by atoms with Crippen LogP contribution in [0.5, 0.6) is 0 Å². The summed E-state index contributed by atoms with van der Waals surface area (Å²) in [7, 11) is 0. The number of guanidine groups is 1. The van der Waals surface area contributed by atoms with E-state index in [4.69, 9.17) is 11.5 Å². The topological polar surface area (TPSA) is 102 Å². The Morgan fingerprint density at radius 3 is 2.86 bits per heavy atom. The number of fused-ring (bicyclic) bond motifs is 1. The Labute approximate surface area is 130 Å². The predicted molar refractivity (Wildman–Crippen MR) is 89.8 cm³/mol. The average Bonchev–Trinajstić information content (AvgIpc) is 2.49. The first-order valence-electron chi connectivity index (χ1n) is 7.70. The molecule has 1 aromatic heterocycles. The van der Waals surface area contributed by atoms with Crippen LogP contribution >= 0.6 is 0 Å². The SMILES string of the molecule is Cc1ccc2ncnc(N[C@H]3CCCC[C@H]3N=C(N)N)c2c1. The van der Waals surface area contributed by atoms with Crippen molar-refractivity contribution in [1.29, 1.82) is 0 Å². The summed E-state index contributed by atoms with van der Waals surface area (Å²) in [5, 5.41) is 4.58. The van der Waals surface area contributed by atoms with Crippen molar-refractivity contribution in [3.63, 3.8) is 0 Å². The number of nitrogens with zero attached hydrogens (tertiary/aromatic N) is 3. The average molecular weight is 298 g/mol. The molecule has 2 atom stereocenters. The van der Waals surface area contributed by atoms with Crippen molar-refractivity contribution in [2.45, 2.75) is 44.7 Å². The summed E-state index contributed by atoms with van der Waals surface area (Å²) in [5.74, 6) is 1.01. The smallest absolute Gasteiger partial charge is 0.186 e. The van der Waals surface area contributed by atoms with Gasteiger partial charge in [-0.1, -0.05) is 24.5 Å². The summed E-state index contributed by atoms with van der Waals surface area (Å²) in [6.07, 6.45) is 5.97. The molecule has 2 aromatic rings. The number of anilines is 1. The molecule has 6 nitrogen and oxygen atoms in total. The lowest BCUT2D eigenvalue weighted by molar-refractivity contribution is 0.405. The minimum Gasteiger partial charge on any atom is -0.370 e. The van der Waals surface area contributed by atoms with E-state index in [0.717, 1.165) is 36.0 Å². The van der Waals surface area contributed by atoms with Crippen LogP contribution in [-0.2, 0) is 0 Å². The van der Waals surface area contributed by atoms with Gasteiger partial charge in [-0.2, -0.15) is 0 Å². The molecular formula is C16H22N6. The van der Waals surface area contributed by atoms with Crippen LogP contribution in [0.25, 0.3) is 10.9 Å². The molecule has 1 aromatic carbocycles. The van der Waals surface area contributed by atoms with Gasteiger partial charge in [0.05, 0.1) is 17.6 Å². The van der Waals surface area contributed by atoms with E-state index in [1.165, 1.54) is 12.0 Å². The molecule has 1 heterocycles. The van der Waals surface area contributed by atoms with E-state index in [9.17, 15) is 0 Å². The first-order chi connectivity index (χ1) is 10.6. The number of hydrogen-bond donors (Lipinski definition) is 3. The van der Waals surface area contributed by atoms with Gasteiger partial charge >= 0.3 is 0 Å². The Hall–Kier alpha value is -2.37. The van der Waals surface area contributed by atoms with Crippen molar-refractivity contribution in [2.75, 3.05) is 5.32 Å². The Kier molecular flexibility index (Phi) is 4.09. The molecule has 1 aliphatic carbocycles. The number of aliphatic imine (C=N–C) groups is 1. The lowest BCUT2D eigenvalue weighted by Crippen LogP contribution is -2.38. The van der Waals surface area contributed by atoms with Crippen molar-refractivity contribution < 1.29 is 0 Å². The van der Waals surface area contributed by atoms with Gasteiger partial charge in [-0.3, -0.25) is 0 Å². The van der Waals surface area contributed by atoms with Crippen molar-refractivity contribution in [3.8, 4) is 0 Å². The number of nitrogens with two attached hydrogens (primary N) is 2. The standard InChI is InChI=1S/C16H22N6/c1-10-6-7-12-11(8-10)15(20-9-19-12)21-13-4-2-3-5-14(13)22-16(17)18/h6-9,13-14H,2-5H2,1H3,(H4,17,18,22)(H,19,20,21)/t13-,14+/m0/s1. The van der Waals surface area contributed by atoms with Gasteiger partial charge in [0.2, 0.25) is 0 Å². The molecule has 0 radical (unpaired) electrons. The number of nitrogens with one attached hydrogen (secondary N) is 1. The quantitative estimate of drug-likeness (QED) is 0.593. The van der Waals surface area contributed by atoms with E-state index in [1.54, 1.807) is 6.33 Å². The van der Waals surface area contributed by atoms with Gasteiger partial charge in [0, 0.05) is 5.39 Å². The molecule has 0 spiro atoms. The Morgan fingerprint density at radius 2 is 2.05 bits per heavy atom. The molecule has 116 valence electrons. The van der Waals surface area contributed by atoms with E-state index < -0.39 is 0 Å². The molecule has 0 bridgehead atoms. The van der Waals surface area contributed by atoms with E-state index >= 15 is 0 Å². The van der Waals surface area contributed by atoms with Gasteiger partial charge in [0.25, 0.3) is 0 Å². The van der Waals surface area contributed by atoms with Crippen LogP contribution in [0.1, 0.15) is 31.2 Å². The Bertz CT molecular complexity index is 692. The normalized spacial score (nSPS) is 21.5. The van der Waals surface area contributed by atoms with Gasteiger partial charge in [-0.15, -0.1) is 0 Å². The van der Waals surface area contributed by atoms with Crippen LogP contribution in [0.4, 0.5) is 5.82 Å². The minimum atomic E-state index is 0.105. The molecular weight excluding hydrogens is 276 g/mol. The Balaban J connectivity index is 1.91. The Morgan fingerprint density at radius 1 is 1.23 bits per heavy atom. The van der Waals surface area contributed by atoms with Crippen molar-refractivity contribution >= 4 is 22.7 Å². The van der Waals surface area contributed by atoms with E-state index in [2.05, 4.69) is 39.3 Å². The molecule has 6 heteroatoms. The van der Waals surface area contributed by atoms with Gasteiger partial charge in [0.1, 0.15) is 12.1 Å². The van der Waals surface area contributed by atoms with Gasteiger partial charge in [-0.05, 0) is 31.9 Å². The highest BCUT2D eigenvalue weighted by molar-refractivity contribution is 5.89. The second-order valence-electron chi connectivity index (χ2n) is 5.90. The lowest BCUT2D eigenvalue weighted by Gasteiger charge is -2.30. The van der Waals surface area contributed by atoms with Crippen LogP contribution < -0.4 is 16.8 Å². The molecule has 0 amide bonds. The van der Waals surface area contributed by atoms with Gasteiger partial charge < -0.3 is 16.8 Å². The summed E-state index contributed by atoms with van der Waals surface area (Å²) in [4.78, 5) is 13.1. The van der Waals surface area contributed by atoms with Crippen LogP contribution in [-0.4, -0.2) is 28.0 Å². The molecule has 1 saturated carbocycles. The van der Waals surface area contributed by atoms with Crippen LogP contribution in [0.3, 0.4) is 0 Å². The number of benzene rings is 1. The summed E-state index contributed by atoms with van der Waals surface area (Å²) in [6.45, 7) is 2.07. The third kappa shape index (κ3) is 3.10. The van der Waals surface area contributed by atoms with E-state index in [1.807, 2.05) is 6.07 Å². The predicted octanol–water partition coefficient (Wildman–Crippen LogP) is 1.93. The highest BCUT2D eigenvalue weighted by Crippen LogP contribution is 2.27. The van der Waals surface area contributed by atoms with Gasteiger partial charge in [0.15, 0.2) is 5.96 Å². The molecule has 0 unspecified atom stereocenters. The fraction of sp³-hybridized carbons (Fsp3) is 0.438. The highest BCUT2D eigenvalue weighted by Gasteiger charge is 2.25.